The molecule has 1 aromatic heterocycles. The Bertz CT molecular complexity index is 368. The van der Waals surface area contributed by atoms with Gasteiger partial charge < -0.3 is 4.57 Å². The maximum Gasteiger partial charge on any atom is 0.240 e. The molecule has 0 bridgehead atoms. The van der Waals surface area contributed by atoms with Crippen molar-refractivity contribution in [3.8, 4) is 0 Å². The third-order valence-corrected chi connectivity index (χ3v) is 3.46. The highest BCUT2D eigenvalue weighted by Crippen LogP contribution is 2.20. The standard InChI is InChI=1S/C5H7BrN2O2S/c1-8-3-2-4(5(8)6)11(7,9)10/h2-3H,1H3,(H2,7,9,10). The number of aromatic nitrogens is 1. The smallest absolute Gasteiger partial charge is 0.240 e. The maximum atomic E-state index is 10.8. The van der Waals surface area contributed by atoms with Gasteiger partial charge in [0.25, 0.3) is 0 Å². The second-order valence-electron chi connectivity index (χ2n) is 2.13. The third kappa shape index (κ3) is 1.63. The molecule has 11 heavy (non-hydrogen) atoms. The van der Waals surface area contributed by atoms with Crippen LogP contribution in [0.15, 0.2) is 21.8 Å². The molecule has 0 aromatic carbocycles. The fourth-order valence-electron chi connectivity index (χ4n) is 0.700. The first-order chi connectivity index (χ1) is 4.93. The number of sulfonamides is 1. The van der Waals surface area contributed by atoms with Gasteiger partial charge in [-0.3, -0.25) is 0 Å². The van der Waals surface area contributed by atoms with Gasteiger partial charge in [-0.1, -0.05) is 0 Å². The number of nitrogens with two attached hydrogens (primary N) is 1. The summed E-state index contributed by atoms with van der Waals surface area (Å²) in [6, 6.07) is 1.44. The van der Waals surface area contributed by atoms with E-state index in [1.54, 1.807) is 17.8 Å². The number of hydrogen-bond acceptors (Lipinski definition) is 2. The summed E-state index contributed by atoms with van der Waals surface area (Å²) in [5.41, 5.74) is 0. The van der Waals surface area contributed by atoms with Crippen molar-refractivity contribution < 1.29 is 8.42 Å². The van der Waals surface area contributed by atoms with Crippen molar-refractivity contribution in [1.29, 1.82) is 0 Å². The van der Waals surface area contributed by atoms with Crippen molar-refractivity contribution in [1.82, 2.24) is 4.57 Å². The van der Waals surface area contributed by atoms with E-state index in [-0.39, 0.29) is 4.90 Å². The zero-order chi connectivity index (χ0) is 8.65. The average Bonchev–Trinajstić information content (AvgIpc) is 2.11. The highest BCUT2D eigenvalue weighted by atomic mass is 79.9. The fourth-order valence-corrected chi connectivity index (χ4v) is 2.26. The predicted octanol–water partition coefficient (Wildman–Crippen LogP) is 0.435. The Morgan fingerprint density at radius 1 is 1.64 bits per heavy atom. The van der Waals surface area contributed by atoms with E-state index < -0.39 is 10.0 Å². The van der Waals surface area contributed by atoms with Gasteiger partial charge in [0.15, 0.2) is 0 Å². The van der Waals surface area contributed by atoms with Crippen molar-refractivity contribution in [3.05, 3.63) is 16.9 Å². The van der Waals surface area contributed by atoms with Gasteiger partial charge in [0.2, 0.25) is 10.0 Å². The monoisotopic (exact) mass is 238 g/mol. The van der Waals surface area contributed by atoms with E-state index >= 15 is 0 Å². The summed E-state index contributed by atoms with van der Waals surface area (Å²) in [7, 11) is -1.86. The summed E-state index contributed by atoms with van der Waals surface area (Å²) in [6.07, 6.45) is 1.61. The summed E-state index contributed by atoms with van der Waals surface area (Å²) < 4.78 is 23.7. The summed E-state index contributed by atoms with van der Waals surface area (Å²) >= 11 is 3.09. The molecule has 0 fully saturated rings. The third-order valence-electron chi connectivity index (χ3n) is 1.27. The first-order valence-electron chi connectivity index (χ1n) is 2.76. The van der Waals surface area contributed by atoms with Crippen LogP contribution < -0.4 is 5.14 Å². The van der Waals surface area contributed by atoms with Gasteiger partial charge in [0, 0.05) is 13.2 Å². The first-order valence-corrected chi connectivity index (χ1v) is 5.10. The Labute approximate surface area is 73.2 Å². The molecular formula is C5H7BrN2O2S. The van der Waals surface area contributed by atoms with E-state index in [9.17, 15) is 8.42 Å². The summed E-state index contributed by atoms with van der Waals surface area (Å²) in [5.74, 6) is 0. The van der Waals surface area contributed by atoms with Gasteiger partial charge in [0.1, 0.15) is 9.50 Å². The minimum atomic E-state index is -3.58. The molecule has 0 spiro atoms. The molecule has 6 heteroatoms. The molecule has 62 valence electrons. The van der Waals surface area contributed by atoms with E-state index in [1.807, 2.05) is 0 Å². The highest BCUT2D eigenvalue weighted by molar-refractivity contribution is 9.10. The Morgan fingerprint density at radius 2 is 2.18 bits per heavy atom. The lowest BCUT2D eigenvalue weighted by molar-refractivity contribution is 0.597. The molecule has 4 nitrogen and oxygen atoms in total. The van der Waals surface area contributed by atoms with Crippen LogP contribution in [0.1, 0.15) is 0 Å². The Morgan fingerprint density at radius 3 is 2.36 bits per heavy atom. The summed E-state index contributed by atoms with van der Waals surface area (Å²) in [4.78, 5) is 0.111. The molecule has 0 aliphatic rings. The zero-order valence-electron chi connectivity index (χ0n) is 5.78. The quantitative estimate of drug-likeness (QED) is 0.772. The summed E-state index contributed by atoms with van der Waals surface area (Å²) in [5, 5.41) is 4.90. The summed E-state index contributed by atoms with van der Waals surface area (Å²) in [6.45, 7) is 0. The topological polar surface area (TPSA) is 65.1 Å². The van der Waals surface area contributed by atoms with Crippen molar-refractivity contribution in [3.63, 3.8) is 0 Å². The van der Waals surface area contributed by atoms with Crippen LogP contribution in [0.25, 0.3) is 0 Å². The van der Waals surface area contributed by atoms with Gasteiger partial charge in [0.05, 0.1) is 0 Å². The van der Waals surface area contributed by atoms with Crippen LogP contribution in [-0.2, 0) is 17.1 Å². The second kappa shape index (κ2) is 2.62. The molecule has 0 saturated carbocycles. The largest absolute Gasteiger partial charge is 0.344 e. The van der Waals surface area contributed by atoms with Crippen LogP contribution in [0.4, 0.5) is 0 Å². The van der Waals surface area contributed by atoms with Gasteiger partial charge in [-0.15, -0.1) is 0 Å². The lowest BCUT2D eigenvalue weighted by Gasteiger charge is -1.95. The van der Waals surface area contributed by atoms with Crippen molar-refractivity contribution in [2.75, 3.05) is 0 Å². The van der Waals surface area contributed by atoms with E-state index in [0.717, 1.165) is 0 Å². The predicted molar refractivity (Wildman–Crippen MR) is 44.5 cm³/mol. The molecular weight excluding hydrogens is 232 g/mol. The van der Waals surface area contributed by atoms with Crippen LogP contribution in [-0.4, -0.2) is 13.0 Å². The van der Waals surface area contributed by atoms with E-state index in [4.69, 9.17) is 5.14 Å². The molecule has 0 atom stereocenters. The first kappa shape index (κ1) is 8.76. The maximum absolute atomic E-state index is 10.8. The lowest BCUT2D eigenvalue weighted by Crippen LogP contribution is -2.12. The van der Waals surface area contributed by atoms with Gasteiger partial charge in [-0.25, -0.2) is 13.6 Å². The van der Waals surface area contributed by atoms with Gasteiger partial charge >= 0.3 is 0 Å². The molecule has 2 N–H and O–H groups in total. The SMILES string of the molecule is Cn1ccc(S(N)(=O)=O)c1Br. The highest BCUT2D eigenvalue weighted by Gasteiger charge is 2.14. The number of hydrogen-bond donors (Lipinski definition) is 1. The van der Waals surface area contributed by atoms with Crippen molar-refractivity contribution >= 4 is 26.0 Å². The average molecular weight is 239 g/mol. The Kier molecular flexibility index (Phi) is 2.08. The molecule has 0 saturated heterocycles. The normalized spacial score (nSPS) is 11.9. The van der Waals surface area contributed by atoms with Crippen molar-refractivity contribution in [2.45, 2.75) is 4.90 Å². The van der Waals surface area contributed by atoms with Crippen LogP contribution in [0.2, 0.25) is 0 Å². The molecule has 1 rings (SSSR count). The minimum absolute atomic E-state index is 0.111. The number of primary sulfonamides is 1. The molecule has 0 aliphatic heterocycles. The number of nitrogens with zero attached hydrogens (tertiary/aromatic N) is 1. The zero-order valence-corrected chi connectivity index (χ0v) is 8.18. The second-order valence-corrected chi connectivity index (χ2v) is 4.41. The van der Waals surface area contributed by atoms with Crippen LogP contribution in [0.3, 0.4) is 0 Å². The molecule has 0 unspecified atom stereocenters. The van der Waals surface area contributed by atoms with Crippen LogP contribution in [0.5, 0.6) is 0 Å². The molecule has 0 amide bonds. The van der Waals surface area contributed by atoms with Gasteiger partial charge in [-0.2, -0.15) is 0 Å². The molecule has 0 radical (unpaired) electrons. The van der Waals surface area contributed by atoms with Crippen molar-refractivity contribution in [2.24, 2.45) is 12.2 Å². The molecule has 0 aliphatic carbocycles. The Hall–Kier alpha value is -0.330. The fraction of sp³-hybridized carbons (Fsp3) is 0.200. The van der Waals surface area contributed by atoms with Crippen LogP contribution in [0, 0.1) is 0 Å². The van der Waals surface area contributed by atoms with E-state index in [1.165, 1.54) is 6.07 Å². The molecule has 1 aromatic rings. The lowest BCUT2D eigenvalue weighted by atomic mass is 10.7. The minimum Gasteiger partial charge on any atom is -0.344 e. The van der Waals surface area contributed by atoms with E-state index in [2.05, 4.69) is 15.9 Å². The van der Waals surface area contributed by atoms with Crippen LogP contribution >= 0.6 is 15.9 Å². The van der Waals surface area contributed by atoms with E-state index in [0.29, 0.717) is 4.60 Å². The number of aryl methyl sites for hydroxylation is 1. The van der Waals surface area contributed by atoms with Gasteiger partial charge in [-0.05, 0) is 22.0 Å². The number of halogens is 1. The Balaban J connectivity index is 3.38. The number of rotatable bonds is 1. The molecule has 1 heterocycles.